The number of hydrogen-bond acceptors (Lipinski definition) is 3. The summed E-state index contributed by atoms with van der Waals surface area (Å²) in [5.41, 5.74) is 2.69. The van der Waals surface area contributed by atoms with Crippen LogP contribution in [0.15, 0.2) is 23.5 Å². The largest absolute Gasteiger partial charge is 1.00 e. The molecule has 3 N–H and O–H groups in total. The predicted octanol–water partition coefficient (Wildman–Crippen LogP) is 2.32. The molecule has 3 unspecified atom stereocenters. The third kappa shape index (κ3) is 4.62. The van der Waals surface area contributed by atoms with Crippen molar-refractivity contribution in [3.8, 4) is 0 Å². The first kappa shape index (κ1) is 25.5. The van der Waals surface area contributed by atoms with Crippen LogP contribution in [0.3, 0.4) is 0 Å². The van der Waals surface area contributed by atoms with Crippen LogP contribution in [-0.2, 0) is 30.7 Å². The molecule has 0 bridgehead atoms. The number of fused-ring (bicyclic) bond motifs is 5. The predicted molar refractivity (Wildman–Crippen MR) is 96.4 cm³/mol. The van der Waals surface area contributed by atoms with Gasteiger partial charge in [-0.15, -0.1) is 0 Å². The van der Waals surface area contributed by atoms with Gasteiger partial charge in [0.15, 0.2) is 0 Å². The standard InChI is InChI=1S/C20H30O.K.H3N2O.W/c1-19-10-4-5-17(19)16-7-6-14-13-15(21-3)8-12-20(14,2)18(16)9-11-19;;1-3-2;/h6,13,16-18H,4-5,7-12H2,1-3H3;;1H,2H2;/q;+1;-1;/t16?,17?,18?,19-,20-;;;/m0.../s1. The van der Waals surface area contributed by atoms with Crippen molar-refractivity contribution in [2.45, 2.75) is 65.2 Å². The first-order chi connectivity index (χ1) is 11.5. The van der Waals surface area contributed by atoms with Gasteiger partial charge in [0.05, 0.1) is 12.9 Å². The summed E-state index contributed by atoms with van der Waals surface area (Å²) in [7, 11) is 1.82. The minimum atomic E-state index is 0. The van der Waals surface area contributed by atoms with Gasteiger partial charge in [0.2, 0.25) is 0 Å². The molecule has 26 heavy (non-hydrogen) atoms. The van der Waals surface area contributed by atoms with Crippen LogP contribution in [0.4, 0.5) is 0 Å². The van der Waals surface area contributed by atoms with Crippen molar-refractivity contribution in [3.63, 3.8) is 0 Å². The van der Waals surface area contributed by atoms with E-state index < -0.39 is 0 Å². The summed E-state index contributed by atoms with van der Waals surface area (Å²) in [4.78, 5) is 3.00. The average molecular weight is 556 g/mol. The zero-order valence-electron chi connectivity index (χ0n) is 16.8. The molecular weight excluding hydrogens is 523 g/mol. The number of allylic oxidation sites excluding steroid dienone is 4. The molecule has 4 rings (SSSR count). The molecule has 0 radical (unpaired) electrons. The smallest absolute Gasteiger partial charge is 0.529 e. The van der Waals surface area contributed by atoms with Gasteiger partial charge in [0, 0.05) is 27.5 Å². The van der Waals surface area contributed by atoms with Crippen molar-refractivity contribution in [1.82, 2.24) is 0 Å². The fourth-order valence-electron chi connectivity index (χ4n) is 6.45. The van der Waals surface area contributed by atoms with E-state index in [4.69, 9.17) is 10.6 Å². The third-order valence-corrected chi connectivity index (χ3v) is 7.78. The Balaban J connectivity index is 0.000000635. The number of ether oxygens (including phenoxy) is 1. The molecule has 5 atom stereocenters. The monoisotopic (exact) mass is 556 g/mol. The number of hydrogen-bond donors (Lipinski definition) is 1. The molecular formula is C20H33KN2O2W. The van der Waals surface area contributed by atoms with Crippen LogP contribution in [0, 0.1) is 28.6 Å². The summed E-state index contributed by atoms with van der Waals surface area (Å²) in [6, 6.07) is 0. The molecule has 0 aliphatic heterocycles. The Kier molecular flexibility index (Phi) is 10.3. The second-order valence-electron chi connectivity index (χ2n) is 8.71. The van der Waals surface area contributed by atoms with Crippen LogP contribution in [0.2, 0.25) is 0 Å². The van der Waals surface area contributed by atoms with Crippen LogP contribution in [0.25, 0.3) is 5.90 Å². The number of nitrogens with two attached hydrogens (primary N) is 1. The Morgan fingerprint density at radius 1 is 1.15 bits per heavy atom. The molecule has 142 valence electrons. The first-order valence-corrected chi connectivity index (χ1v) is 9.46. The van der Waals surface area contributed by atoms with E-state index in [1.54, 1.807) is 5.57 Å². The maximum Gasteiger partial charge on any atom is 1.00 e. The molecule has 0 saturated heterocycles. The van der Waals surface area contributed by atoms with Crippen molar-refractivity contribution in [2.24, 2.45) is 34.5 Å². The summed E-state index contributed by atoms with van der Waals surface area (Å²) in [5.74, 6) is 13.6. The van der Waals surface area contributed by atoms with Crippen LogP contribution < -0.4 is 57.3 Å². The van der Waals surface area contributed by atoms with E-state index >= 15 is 0 Å². The van der Waals surface area contributed by atoms with Gasteiger partial charge in [-0.05, 0) is 78.8 Å². The van der Waals surface area contributed by atoms with E-state index in [9.17, 15) is 0 Å². The van der Waals surface area contributed by atoms with Crippen molar-refractivity contribution in [3.05, 3.63) is 29.4 Å². The fourth-order valence-corrected chi connectivity index (χ4v) is 6.45. The molecule has 0 aromatic carbocycles. The third-order valence-electron chi connectivity index (χ3n) is 7.78. The van der Waals surface area contributed by atoms with Gasteiger partial charge in [-0.3, -0.25) is 0 Å². The maximum absolute atomic E-state index is 5.53. The Hall–Kier alpha value is 1.48. The maximum atomic E-state index is 5.53. The van der Waals surface area contributed by atoms with Crippen molar-refractivity contribution < 1.29 is 82.1 Å². The van der Waals surface area contributed by atoms with E-state index in [0.29, 0.717) is 10.8 Å². The van der Waals surface area contributed by atoms with Crippen LogP contribution in [-0.4, -0.2) is 7.11 Å². The van der Waals surface area contributed by atoms with Crippen LogP contribution >= 0.6 is 0 Å². The Bertz CT molecular complexity index is 542. The second kappa shape index (κ2) is 10.5. The molecule has 0 heterocycles. The zero-order chi connectivity index (χ0) is 17.4. The van der Waals surface area contributed by atoms with Gasteiger partial charge in [-0.25, -0.2) is 5.90 Å². The molecule has 6 heteroatoms. The molecule has 2 fully saturated rings. The summed E-state index contributed by atoms with van der Waals surface area (Å²) in [6.07, 6.45) is 16.1. The Morgan fingerprint density at radius 3 is 2.50 bits per heavy atom. The van der Waals surface area contributed by atoms with E-state index in [1.807, 2.05) is 7.11 Å². The van der Waals surface area contributed by atoms with Crippen molar-refractivity contribution in [2.75, 3.05) is 7.11 Å². The molecule has 4 aliphatic rings. The summed E-state index contributed by atoms with van der Waals surface area (Å²) in [6.45, 7) is 5.14. The zero-order valence-corrected chi connectivity index (χ0v) is 22.9. The number of nitrogens with one attached hydrogen (secondary N) is 1. The van der Waals surface area contributed by atoms with Gasteiger partial charge < -0.3 is 15.6 Å². The van der Waals surface area contributed by atoms with E-state index in [-0.39, 0.29) is 72.4 Å². The Morgan fingerprint density at radius 2 is 1.85 bits per heavy atom. The molecule has 4 nitrogen and oxygen atoms in total. The van der Waals surface area contributed by atoms with Gasteiger partial charge in [0.25, 0.3) is 0 Å². The van der Waals surface area contributed by atoms with E-state index in [0.717, 1.165) is 24.2 Å². The molecule has 0 spiro atoms. The van der Waals surface area contributed by atoms with E-state index in [2.05, 4.69) is 36.8 Å². The topological polar surface area (TPSA) is 68.3 Å². The van der Waals surface area contributed by atoms with Gasteiger partial charge >= 0.3 is 51.4 Å². The van der Waals surface area contributed by atoms with Crippen LogP contribution in [0.1, 0.15) is 65.2 Å². The summed E-state index contributed by atoms with van der Waals surface area (Å²) >= 11 is 0. The average Bonchev–Trinajstić information content (AvgIpc) is 2.96. The SMILES string of the molecule is COC1=CC2=CCC3C4CCC[C@@]4(C)CCC3[C@@]2(C)CC1.[K+].[NH-]ON.[W]. The molecule has 0 amide bonds. The van der Waals surface area contributed by atoms with E-state index in [1.165, 1.54) is 50.7 Å². The van der Waals surface area contributed by atoms with Gasteiger partial charge in [-0.2, -0.15) is 0 Å². The number of rotatable bonds is 1. The second-order valence-corrected chi connectivity index (χ2v) is 8.71. The molecule has 0 aromatic heterocycles. The molecule has 0 aromatic rings. The molecule has 2 saturated carbocycles. The van der Waals surface area contributed by atoms with Gasteiger partial charge in [0.1, 0.15) is 0 Å². The quantitative estimate of drug-likeness (QED) is 0.399. The Labute approximate surface area is 215 Å². The minimum absolute atomic E-state index is 0. The van der Waals surface area contributed by atoms with Crippen LogP contribution in [0.5, 0.6) is 0 Å². The minimum Gasteiger partial charge on any atom is -0.529 e. The molecule has 4 aliphatic carbocycles. The van der Waals surface area contributed by atoms with Crippen molar-refractivity contribution >= 4 is 0 Å². The van der Waals surface area contributed by atoms with Crippen molar-refractivity contribution in [1.29, 1.82) is 0 Å². The number of methoxy groups -OCH3 is 1. The normalized spacial score (nSPS) is 40.0. The van der Waals surface area contributed by atoms with Gasteiger partial charge in [-0.1, -0.05) is 26.3 Å². The summed E-state index contributed by atoms with van der Waals surface area (Å²) in [5, 5.41) is 0. The fraction of sp³-hybridized carbons (Fsp3) is 0.800. The first-order valence-electron chi connectivity index (χ1n) is 9.46. The summed E-state index contributed by atoms with van der Waals surface area (Å²) < 4.78 is 5.53.